The molecule has 0 saturated heterocycles. The summed E-state index contributed by atoms with van der Waals surface area (Å²) in [5.74, 6) is 2.06. The Hall–Kier alpha value is -2.28. The van der Waals surface area contributed by atoms with Crippen LogP contribution in [0.25, 0.3) is 0 Å². The van der Waals surface area contributed by atoms with E-state index in [9.17, 15) is 4.79 Å². The molecule has 7 nitrogen and oxygen atoms in total. The van der Waals surface area contributed by atoms with Crippen LogP contribution in [0.3, 0.4) is 0 Å². The van der Waals surface area contributed by atoms with E-state index >= 15 is 0 Å². The first-order chi connectivity index (χ1) is 11.2. The minimum atomic E-state index is -0.307. The SMILES string of the molecule is CCCCOc1c(CN[C@H](C)c2n[nH]c(=O)[nH]2)cccc1OC. The van der Waals surface area contributed by atoms with Crippen molar-refractivity contribution < 1.29 is 9.47 Å². The molecule has 0 aliphatic heterocycles. The standard InChI is InChI=1S/C16H24N4O3/c1-4-5-9-23-14-12(7-6-8-13(14)22-3)10-17-11(2)15-18-16(21)20-19-15/h6-8,11,17H,4-5,9-10H2,1-3H3,(H2,18,19,20,21)/t11-/m1/s1. The molecule has 1 heterocycles. The summed E-state index contributed by atoms with van der Waals surface area (Å²) < 4.78 is 11.3. The molecule has 1 aromatic heterocycles. The lowest BCUT2D eigenvalue weighted by Crippen LogP contribution is -2.20. The van der Waals surface area contributed by atoms with Gasteiger partial charge in [0.05, 0.1) is 19.8 Å². The Morgan fingerprint density at radius 3 is 2.87 bits per heavy atom. The van der Waals surface area contributed by atoms with E-state index < -0.39 is 0 Å². The van der Waals surface area contributed by atoms with Gasteiger partial charge in [-0.05, 0) is 19.4 Å². The molecule has 0 saturated carbocycles. The second kappa shape index (κ2) is 8.38. The zero-order chi connectivity index (χ0) is 16.7. The van der Waals surface area contributed by atoms with E-state index in [1.54, 1.807) is 7.11 Å². The van der Waals surface area contributed by atoms with Crippen LogP contribution in [0.15, 0.2) is 23.0 Å². The van der Waals surface area contributed by atoms with Gasteiger partial charge in [0.15, 0.2) is 11.5 Å². The number of H-pyrrole nitrogens is 2. The van der Waals surface area contributed by atoms with Gasteiger partial charge in [-0.25, -0.2) is 9.89 Å². The summed E-state index contributed by atoms with van der Waals surface area (Å²) in [4.78, 5) is 13.8. The van der Waals surface area contributed by atoms with E-state index in [0.29, 0.717) is 19.0 Å². The average Bonchev–Trinajstić information content (AvgIpc) is 3.00. The largest absolute Gasteiger partial charge is 0.493 e. The first-order valence-corrected chi connectivity index (χ1v) is 7.82. The Morgan fingerprint density at radius 2 is 2.22 bits per heavy atom. The monoisotopic (exact) mass is 320 g/mol. The molecule has 0 aliphatic carbocycles. The van der Waals surface area contributed by atoms with Gasteiger partial charge in [0.25, 0.3) is 0 Å². The van der Waals surface area contributed by atoms with Crippen molar-refractivity contribution in [2.75, 3.05) is 13.7 Å². The normalized spacial score (nSPS) is 12.1. The number of unbranched alkanes of at least 4 members (excludes halogenated alkanes) is 1. The smallest absolute Gasteiger partial charge is 0.340 e. The number of benzene rings is 1. The third-order valence-electron chi connectivity index (χ3n) is 3.55. The highest BCUT2D eigenvalue weighted by molar-refractivity contribution is 5.46. The molecule has 2 aromatic rings. The second-order valence-electron chi connectivity index (χ2n) is 5.32. The third-order valence-corrected chi connectivity index (χ3v) is 3.55. The number of para-hydroxylation sites is 1. The molecule has 0 fully saturated rings. The lowest BCUT2D eigenvalue weighted by molar-refractivity contribution is 0.284. The van der Waals surface area contributed by atoms with Crippen LogP contribution in [0.2, 0.25) is 0 Å². The predicted octanol–water partition coefficient (Wildman–Crippen LogP) is 2.14. The summed E-state index contributed by atoms with van der Waals surface area (Å²) in [6.07, 6.45) is 2.07. The number of rotatable bonds is 9. The number of nitrogens with zero attached hydrogens (tertiary/aromatic N) is 1. The van der Waals surface area contributed by atoms with Crippen LogP contribution >= 0.6 is 0 Å². The van der Waals surface area contributed by atoms with Crippen molar-refractivity contribution >= 4 is 0 Å². The Balaban J connectivity index is 2.07. The maximum Gasteiger partial charge on any atom is 0.340 e. The molecular weight excluding hydrogens is 296 g/mol. The van der Waals surface area contributed by atoms with E-state index in [4.69, 9.17) is 9.47 Å². The second-order valence-corrected chi connectivity index (χ2v) is 5.32. The molecule has 0 radical (unpaired) electrons. The minimum Gasteiger partial charge on any atom is -0.493 e. The quantitative estimate of drug-likeness (QED) is 0.616. The molecule has 3 N–H and O–H groups in total. The number of ether oxygens (including phenoxy) is 2. The van der Waals surface area contributed by atoms with E-state index in [-0.39, 0.29) is 11.7 Å². The van der Waals surface area contributed by atoms with E-state index in [0.717, 1.165) is 29.9 Å². The van der Waals surface area contributed by atoms with Gasteiger partial charge in [-0.1, -0.05) is 25.5 Å². The lowest BCUT2D eigenvalue weighted by atomic mass is 10.1. The highest BCUT2D eigenvalue weighted by Crippen LogP contribution is 2.31. The topological polar surface area (TPSA) is 92.0 Å². The van der Waals surface area contributed by atoms with Gasteiger partial charge in [-0.2, -0.15) is 5.10 Å². The highest BCUT2D eigenvalue weighted by Gasteiger charge is 2.13. The lowest BCUT2D eigenvalue weighted by Gasteiger charge is -2.17. The van der Waals surface area contributed by atoms with Crippen LogP contribution in [0.4, 0.5) is 0 Å². The fourth-order valence-electron chi connectivity index (χ4n) is 2.19. The molecule has 7 heteroatoms. The number of nitrogens with one attached hydrogen (secondary N) is 3. The van der Waals surface area contributed by atoms with E-state index in [1.807, 2.05) is 25.1 Å². The maximum absolute atomic E-state index is 11.1. The molecule has 1 aromatic carbocycles. The van der Waals surface area contributed by atoms with Crippen molar-refractivity contribution in [3.05, 3.63) is 40.1 Å². The van der Waals surface area contributed by atoms with Gasteiger partial charge in [-0.15, -0.1) is 0 Å². The molecule has 0 spiro atoms. The third kappa shape index (κ3) is 4.59. The van der Waals surface area contributed by atoms with Crippen LogP contribution in [0.5, 0.6) is 11.5 Å². The molecule has 1 atom stereocenters. The summed E-state index contributed by atoms with van der Waals surface area (Å²) in [5, 5.41) is 9.62. The summed E-state index contributed by atoms with van der Waals surface area (Å²) in [6.45, 7) is 5.30. The van der Waals surface area contributed by atoms with Crippen molar-refractivity contribution in [2.24, 2.45) is 0 Å². The van der Waals surface area contributed by atoms with Crippen LogP contribution in [0, 0.1) is 0 Å². The zero-order valence-corrected chi connectivity index (χ0v) is 13.8. The Bertz CT molecular complexity index is 665. The summed E-state index contributed by atoms with van der Waals surface area (Å²) in [5.41, 5.74) is 0.698. The number of hydrogen-bond acceptors (Lipinski definition) is 5. The van der Waals surface area contributed by atoms with Crippen molar-refractivity contribution in [1.29, 1.82) is 0 Å². The summed E-state index contributed by atoms with van der Waals surface area (Å²) in [6, 6.07) is 5.73. The van der Waals surface area contributed by atoms with Gasteiger partial charge in [-0.3, -0.25) is 4.98 Å². The van der Waals surface area contributed by atoms with Crippen molar-refractivity contribution in [3.8, 4) is 11.5 Å². The fraction of sp³-hybridized carbons (Fsp3) is 0.500. The molecule has 126 valence electrons. The molecule has 0 bridgehead atoms. The number of methoxy groups -OCH3 is 1. The van der Waals surface area contributed by atoms with Crippen LogP contribution < -0.4 is 20.5 Å². The van der Waals surface area contributed by atoms with Crippen LogP contribution in [-0.2, 0) is 6.54 Å². The molecule has 0 amide bonds. The molecule has 0 aliphatic rings. The Labute approximate surface area is 135 Å². The van der Waals surface area contributed by atoms with Gasteiger partial charge < -0.3 is 14.8 Å². The molecular formula is C16H24N4O3. The maximum atomic E-state index is 11.1. The number of aromatic nitrogens is 3. The average molecular weight is 320 g/mol. The van der Waals surface area contributed by atoms with Crippen molar-refractivity contribution in [3.63, 3.8) is 0 Å². The van der Waals surface area contributed by atoms with Crippen LogP contribution in [-0.4, -0.2) is 28.9 Å². The summed E-state index contributed by atoms with van der Waals surface area (Å²) in [7, 11) is 1.64. The zero-order valence-electron chi connectivity index (χ0n) is 13.8. The summed E-state index contributed by atoms with van der Waals surface area (Å²) >= 11 is 0. The molecule has 23 heavy (non-hydrogen) atoms. The molecule has 2 rings (SSSR count). The van der Waals surface area contributed by atoms with Gasteiger partial charge in [0.1, 0.15) is 5.82 Å². The predicted molar refractivity (Wildman–Crippen MR) is 87.9 cm³/mol. The first kappa shape index (κ1) is 17.1. The number of aromatic amines is 2. The van der Waals surface area contributed by atoms with E-state index in [1.165, 1.54) is 0 Å². The van der Waals surface area contributed by atoms with Crippen molar-refractivity contribution in [1.82, 2.24) is 20.5 Å². The van der Waals surface area contributed by atoms with Gasteiger partial charge in [0, 0.05) is 12.1 Å². The number of hydrogen-bond donors (Lipinski definition) is 3. The Morgan fingerprint density at radius 1 is 1.39 bits per heavy atom. The van der Waals surface area contributed by atoms with E-state index in [2.05, 4.69) is 27.4 Å². The van der Waals surface area contributed by atoms with Crippen molar-refractivity contribution in [2.45, 2.75) is 39.3 Å². The van der Waals surface area contributed by atoms with Crippen LogP contribution in [0.1, 0.15) is 44.1 Å². The molecule has 0 unspecified atom stereocenters. The fourth-order valence-corrected chi connectivity index (χ4v) is 2.19. The van der Waals surface area contributed by atoms with Gasteiger partial charge >= 0.3 is 5.69 Å². The van der Waals surface area contributed by atoms with Gasteiger partial charge in [0.2, 0.25) is 0 Å². The highest BCUT2D eigenvalue weighted by atomic mass is 16.5. The minimum absolute atomic E-state index is 0.0938. The first-order valence-electron chi connectivity index (χ1n) is 7.82. The Kier molecular flexibility index (Phi) is 6.22.